The van der Waals surface area contributed by atoms with Crippen LogP contribution in [0.2, 0.25) is 10.0 Å². The number of Topliss-reactive ketones (excluding diaryl/α,β-unsaturated/α-hetero) is 1. The normalized spacial score (nSPS) is 11.2. The average Bonchev–Trinajstić information content (AvgIpc) is 2.25. The lowest BCUT2D eigenvalue weighted by Gasteiger charge is -2.03. The molecule has 0 fully saturated rings. The zero-order chi connectivity index (χ0) is 13.7. The molecule has 0 aliphatic carbocycles. The third kappa shape index (κ3) is 4.01. The van der Waals surface area contributed by atoms with Crippen molar-refractivity contribution in [1.29, 1.82) is 0 Å². The molecule has 0 spiro atoms. The van der Waals surface area contributed by atoms with Gasteiger partial charge in [-0.05, 0) is 12.1 Å². The van der Waals surface area contributed by atoms with Gasteiger partial charge in [0.05, 0.1) is 0 Å². The van der Waals surface area contributed by atoms with E-state index in [-0.39, 0.29) is 6.61 Å². The molecule has 1 aromatic rings. The van der Waals surface area contributed by atoms with E-state index in [0.29, 0.717) is 15.6 Å². The van der Waals surface area contributed by atoms with Crippen molar-refractivity contribution in [1.82, 2.24) is 0 Å². The molecule has 18 heavy (non-hydrogen) atoms. The highest BCUT2D eigenvalue weighted by Gasteiger charge is 2.15. The second-order valence-electron chi connectivity index (χ2n) is 3.31. The summed E-state index contributed by atoms with van der Waals surface area (Å²) in [6, 6.07) is 4.75. The van der Waals surface area contributed by atoms with Crippen LogP contribution in [-0.2, 0) is 21.0 Å². The van der Waals surface area contributed by atoms with Crippen molar-refractivity contribution in [3.8, 4) is 0 Å². The molecule has 0 radical (unpaired) electrons. The minimum atomic E-state index is -1.44. The molecule has 0 atom stereocenters. The maximum atomic E-state index is 10.9. The first-order valence-corrected chi connectivity index (χ1v) is 5.55. The quantitative estimate of drug-likeness (QED) is 0.513. The number of halogens is 2. The SMILES string of the molecule is CC(=O)C(=NOCc1ccc(Cl)cc1Cl)C(=O)O. The van der Waals surface area contributed by atoms with E-state index in [1.165, 1.54) is 6.07 Å². The second kappa shape index (κ2) is 6.37. The van der Waals surface area contributed by atoms with Gasteiger partial charge in [-0.15, -0.1) is 0 Å². The predicted molar refractivity (Wildman–Crippen MR) is 67.0 cm³/mol. The van der Waals surface area contributed by atoms with Crippen molar-refractivity contribution in [2.45, 2.75) is 13.5 Å². The van der Waals surface area contributed by atoms with E-state index in [9.17, 15) is 9.59 Å². The molecule has 0 heterocycles. The Labute approximate surface area is 113 Å². The van der Waals surface area contributed by atoms with Crippen molar-refractivity contribution in [2.24, 2.45) is 5.16 Å². The number of carboxylic acids is 1. The lowest BCUT2D eigenvalue weighted by Crippen LogP contribution is -2.21. The third-order valence-corrected chi connectivity index (χ3v) is 2.51. The van der Waals surface area contributed by atoms with Gasteiger partial charge in [0, 0.05) is 22.5 Å². The largest absolute Gasteiger partial charge is 0.476 e. The van der Waals surface area contributed by atoms with E-state index in [0.717, 1.165) is 6.92 Å². The molecule has 0 saturated heterocycles. The molecule has 96 valence electrons. The molecule has 0 unspecified atom stereocenters. The Morgan fingerprint density at radius 1 is 1.39 bits per heavy atom. The summed E-state index contributed by atoms with van der Waals surface area (Å²) < 4.78 is 0. The van der Waals surface area contributed by atoms with Crippen LogP contribution in [-0.4, -0.2) is 22.6 Å². The summed E-state index contributed by atoms with van der Waals surface area (Å²) in [5.41, 5.74) is -0.0850. The first kappa shape index (κ1) is 14.5. The molecular formula is C11H9Cl2NO4. The molecule has 1 aromatic carbocycles. The molecule has 1 rings (SSSR count). The Hall–Kier alpha value is -1.59. The molecule has 0 amide bonds. The maximum Gasteiger partial charge on any atom is 0.361 e. The number of hydrogen-bond donors (Lipinski definition) is 1. The van der Waals surface area contributed by atoms with Crippen LogP contribution in [0.3, 0.4) is 0 Å². The smallest absolute Gasteiger partial charge is 0.361 e. The van der Waals surface area contributed by atoms with Crippen LogP contribution in [0.1, 0.15) is 12.5 Å². The van der Waals surface area contributed by atoms with Crippen LogP contribution in [0.15, 0.2) is 23.4 Å². The Bertz CT molecular complexity index is 498. The number of rotatable bonds is 5. The third-order valence-electron chi connectivity index (χ3n) is 1.93. The molecule has 0 bridgehead atoms. The second-order valence-corrected chi connectivity index (χ2v) is 4.15. The van der Waals surface area contributed by atoms with Gasteiger partial charge in [-0.25, -0.2) is 4.79 Å². The highest BCUT2D eigenvalue weighted by atomic mass is 35.5. The van der Waals surface area contributed by atoms with Gasteiger partial charge in [-0.1, -0.05) is 34.4 Å². The summed E-state index contributed by atoms with van der Waals surface area (Å²) in [4.78, 5) is 26.3. The molecule has 0 aliphatic heterocycles. The number of carbonyl (C=O) groups excluding carboxylic acids is 1. The van der Waals surface area contributed by atoms with E-state index in [4.69, 9.17) is 33.1 Å². The molecule has 0 aliphatic rings. The Kier molecular flexibility index (Phi) is 5.12. The van der Waals surface area contributed by atoms with Crippen LogP contribution in [0.5, 0.6) is 0 Å². The number of carboxylic acid groups (broad SMARTS) is 1. The number of oxime groups is 1. The van der Waals surface area contributed by atoms with Crippen molar-refractivity contribution >= 4 is 40.7 Å². The summed E-state index contributed by atoms with van der Waals surface area (Å²) in [7, 11) is 0. The summed E-state index contributed by atoms with van der Waals surface area (Å²) in [6.07, 6.45) is 0. The fourth-order valence-electron chi connectivity index (χ4n) is 1.06. The minimum Gasteiger partial charge on any atom is -0.476 e. The van der Waals surface area contributed by atoms with Crippen LogP contribution in [0.4, 0.5) is 0 Å². The van der Waals surface area contributed by atoms with Gasteiger partial charge in [0.1, 0.15) is 6.61 Å². The molecule has 5 nitrogen and oxygen atoms in total. The number of nitrogens with zero attached hydrogens (tertiary/aromatic N) is 1. The first-order chi connectivity index (χ1) is 8.41. The van der Waals surface area contributed by atoms with Crippen molar-refractivity contribution in [3.63, 3.8) is 0 Å². The van der Waals surface area contributed by atoms with Gasteiger partial charge in [0.15, 0.2) is 5.78 Å². The van der Waals surface area contributed by atoms with E-state index < -0.39 is 17.5 Å². The molecular weight excluding hydrogens is 281 g/mol. The van der Waals surface area contributed by atoms with E-state index in [1.54, 1.807) is 12.1 Å². The van der Waals surface area contributed by atoms with Crippen LogP contribution in [0, 0.1) is 0 Å². The zero-order valence-electron chi connectivity index (χ0n) is 9.31. The lowest BCUT2D eigenvalue weighted by atomic mass is 10.2. The van der Waals surface area contributed by atoms with E-state index in [1.807, 2.05) is 0 Å². The fraction of sp³-hybridized carbons (Fsp3) is 0.182. The zero-order valence-corrected chi connectivity index (χ0v) is 10.8. The van der Waals surface area contributed by atoms with Gasteiger partial charge < -0.3 is 9.94 Å². The summed E-state index contributed by atoms with van der Waals surface area (Å²) in [6.45, 7) is 1.03. The summed E-state index contributed by atoms with van der Waals surface area (Å²) in [5.74, 6) is -2.13. The predicted octanol–water partition coefficient (Wildman–Crippen LogP) is 2.54. The Morgan fingerprint density at radius 2 is 2.06 bits per heavy atom. The first-order valence-electron chi connectivity index (χ1n) is 4.80. The van der Waals surface area contributed by atoms with Gasteiger partial charge in [-0.2, -0.15) is 0 Å². The lowest BCUT2D eigenvalue weighted by molar-refractivity contribution is -0.130. The van der Waals surface area contributed by atoms with Crippen molar-refractivity contribution < 1.29 is 19.5 Å². The van der Waals surface area contributed by atoms with Crippen molar-refractivity contribution in [2.75, 3.05) is 0 Å². The van der Waals surface area contributed by atoms with Crippen molar-refractivity contribution in [3.05, 3.63) is 33.8 Å². The van der Waals surface area contributed by atoms with E-state index >= 15 is 0 Å². The van der Waals surface area contributed by atoms with Gasteiger partial charge in [0.2, 0.25) is 5.71 Å². The Morgan fingerprint density at radius 3 is 2.56 bits per heavy atom. The van der Waals surface area contributed by atoms with Crippen LogP contribution >= 0.6 is 23.2 Å². The summed E-state index contributed by atoms with van der Waals surface area (Å²) in [5, 5.41) is 12.8. The minimum absolute atomic E-state index is 0.0555. The number of carbonyl (C=O) groups is 2. The fourth-order valence-corrected chi connectivity index (χ4v) is 1.52. The van der Waals surface area contributed by atoms with E-state index in [2.05, 4.69) is 5.16 Å². The molecule has 0 saturated carbocycles. The monoisotopic (exact) mass is 289 g/mol. The Balaban J connectivity index is 2.73. The molecule has 0 aromatic heterocycles. The standard InChI is InChI=1S/C11H9Cl2NO4/c1-6(15)10(11(16)17)14-18-5-7-2-3-8(12)4-9(7)13/h2-4H,5H2,1H3,(H,16,17). The summed E-state index contributed by atoms with van der Waals surface area (Å²) >= 11 is 11.6. The number of hydrogen-bond acceptors (Lipinski definition) is 4. The molecule has 7 heteroatoms. The molecule has 1 N–H and O–H groups in total. The number of aliphatic carboxylic acids is 1. The van der Waals surface area contributed by atoms with Crippen LogP contribution in [0.25, 0.3) is 0 Å². The highest BCUT2D eigenvalue weighted by molar-refractivity contribution is 6.63. The topological polar surface area (TPSA) is 76.0 Å². The maximum absolute atomic E-state index is 10.9. The average molecular weight is 290 g/mol. The van der Waals surface area contributed by atoms with Gasteiger partial charge in [-0.3, -0.25) is 4.79 Å². The highest BCUT2D eigenvalue weighted by Crippen LogP contribution is 2.21. The van der Waals surface area contributed by atoms with Crippen LogP contribution < -0.4 is 0 Å². The number of ketones is 1. The van der Waals surface area contributed by atoms with Gasteiger partial charge >= 0.3 is 5.97 Å². The van der Waals surface area contributed by atoms with Gasteiger partial charge in [0.25, 0.3) is 0 Å². The number of benzene rings is 1.